The molecule has 0 saturated carbocycles. The van der Waals surface area contributed by atoms with Gasteiger partial charge in [0.1, 0.15) is 0 Å². The molecule has 0 atom stereocenters. The minimum Gasteiger partial charge on any atom is -0.478 e. The van der Waals surface area contributed by atoms with Crippen LogP contribution >= 0.6 is 0 Å². The van der Waals surface area contributed by atoms with Gasteiger partial charge in [-0.2, -0.15) is 0 Å². The topological polar surface area (TPSA) is 71.0 Å². The van der Waals surface area contributed by atoms with Crippen LogP contribution in [0.2, 0.25) is 0 Å². The Hall–Kier alpha value is -1.63. The quantitative estimate of drug-likeness (QED) is 0.622. The Morgan fingerprint density at radius 2 is 2.00 bits per heavy atom. The van der Waals surface area contributed by atoms with Crippen molar-refractivity contribution in [3.8, 4) is 0 Å². The smallest absolute Gasteiger partial charge is 0.335 e. The third kappa shape index (κ3) is 5.43. The van der Waals surface area contributed by atoms with E-state index >= 15 is 0 Å². The maximum absolute atomic E-state index is 11.4. The van der Waals surface area contributed by atoms with Crippen molar-refractivity contribution in [2.45, 2.75) is 51.4 Å². The fraction of sp³-hybridized carbons (Fsp3) is 0.650. The lowest BCUT2D eigenvalue weighted by molar-refractivity contribution is -0.100. The first kappa shape index (κ1) is 20.7. The van der Waals surface area contributed by atoms with E-state index in [1.54, 1.807) is 26.4 Å². The van der Waals surface area contributed by atoms with E-state index in [1.165, 1.54) is 0 Å². The number of nitrogens with one attached hydrogen (secondary N) is 1. The summed E-state index contributed by atoms with van der Waals surface area (Å²) in [6.45, 7) is 5.22. The molecule has 2 rings (SSSR count). The van der Waals surface area contributed by atoms with Gasteiger partial charge in [0, 0.05) is 38.9 Å². The van der Waals surface area contributed by atoms with Gasteiger partial charge >= 0.3 is 5.97 Å². The van der Waals surface area contributed by atoms with Crippen molar-refractivity contribution < 1.29 is 19.4 Å². The van der Waals surface area contributed by atoms with Gasteiger partial charge in [-0.1, -0.05) is 13.3 Å². The molecule has 26 heavy (non-hydrogen) atoms. The summed E-state index contributed by atoms with van der Waals surface area (Å²) in [7, 11) is 3.22. The first-order valence-corrected chi connectivity index (χ1v) is 9.49. The van der Waals surface area contributed by atoms with Gasteiger partial charge in [-0.3, -0.25) is 0 Å². The molecule has 0 aromatic heterocycles. The minimum atomic E-state index is -0.911. The summed E-state index contributed by atoms with van der Waals surface area (Å²) in [5.74, 6) is -0.911. The number of piperidine rings is 1. The van der Waals surface area contributed by atoms with Crippen molar-refractivity contribution in [2.75, 3.05) is 38.8 Å². The molecule has 0 bridgehead atoms. The van der Waals surface area contributed by atoms with E-state index in [0.29, 0.717) is 18.0 Å². The number of methoxy groups -OCH3 is 2. The highest BCUT2D eigenvalue weighted by Gasteiger charge is 2.24. The lowest BCUT2D eigenvalue weighted by Gasteiger charge is -2.38. The third-order valence-corrected chi connectivity index (χ3v) is 5.05. The summed E-state index contributed by atoms with van der Waals surface area (Å²) in [4.78, 5) is 13.9. The maximum atomic E-state index is 11.4. The Morgan fingerprint density at radius 3 is 2.58 bits per heavy atom. The van der Waals surface area contributed by atoms with Crippen LogP contribution in [0.15, 0.2) is 18.2 Å². The fourth-order valence-corrected chi connectivity index (χ4v) is 3.55. The van der Waals surface area contributed by atoms with Crippen LogP contribution in [0.3, 0.4) is 0 Å². The summed E-state index contributed by atoms with van der Waals surface area (Å²) in [6.07, 6.45) is 4.57. The molecular weight excluding hydrogens is 332 g/mol. The Kier molecular flexibility index (Phi) is 8.35. The zero-order valence-electron chi connectivity index (χ0n) is 16.2. The number of nitrogens with zero attached hydrogens (tertiary/aromatic N) is 1. The molecule has 6 nitrogen and oxygen atoms in total. The van der Waals surface area contributed by atoms with Gasteiger partial charge in [0.05, 0.1) is 5.56 Å². The lowest BCUT2D eigenvalue weighted by Crippen LogP contribution is -2.44. The van der Waals surface area contributed by atoms with E-state index in [9.17, 15) is 9.90 Å². The molecule has 1 aromatic carbocycles. The van der Waals surface area contributed by atoms with Gasteiger partial charge in [0.25, 0.3) is 0 Å². The maximum Gasteiger partial charge on any atom is 0.335 e. The van der Waals surface area contributed by atoms with E-state index in [2.05, 4.69) is 17.1 Å². The second-order valence-electron chi connectivity index (χ2n) is 6.78. The molecule has 146 valence electrons. The molecule has 0 spiro atoms. The van der Waals surface area contributed by atoms with E-state index in [1.807, 2.05) is 6.07 Å². The first-order valence-electron chi connectivity index (χ1n) is 9.49. The fourth-order valence-electron chi connectivity index (χ4n) is 3.55. The number of hydrogen-bond acceptors (Lipinski definition) is 5. The van der Waals surface area contributed by atoms with E-state index < -0.39 is 5.97 Å². The summed E-state index contributed by atoms with van der Waals surface area (Å²) in [6, 6.07) is 5.90. The second-order valence-corrected chi connectivity index (χ2v) is 6.78. The normalized spacial score (nSPS) is 15.4. The number of anilines is 1. The summed E-state index contributed by atoms with van der Waals surface area (Å²) >= 11 is 0. The zero-order chi connectivity index (χ0) is 18.9. The van der Waals surface area contributed by atoms with Crippen molar-refractivity contribution in [3.63, 3.8) is 0 Å². The molecule has 0 unspecified atom stereocenters. The van der Waals surface area contributed by atoms with Crippen molar-refractivity contribution >= 4 is 11.7 Å². The molecule has 1 aromatic rings. The molecule has 2 N–H and O–H groups in total. The van der Waals surface area contributed by atoms with Crippen LogP contribution in [-0.4, -0.2) is 57.3 Å². The number of aromatic carboxylic acids is 1. The third-order valence-electron chi connectivity index (χ3n) is 5.05. The van der Waals surface area contributed by atoms with Crippen LogP contribution in [0.25, 0.3) is 0 Å². The van der Waals surface area contributed by atoms with Crippen molar-refractivity contribution in [2.24, 2.45) is 0 Å². The van der Waals surface area contributed by atoms with Crippen LogP contribution in [0, 0.1) is 0 Å². The SMILES string of the molecule is CCCCN(c1ccc(C(=O)O)cc1CC(OC)OC)C1CCNCC1. The summed E-state index contributed by atoms with van der Waals surface area (Å²) < 4.78 is 10.7. The Balaban J connectivity index is 2.38. The molecule has 0 amide bonds. The van der Waals surface area contributed by atoms with Gasteiger partial charge in [-0.15, -0.1) is 0 Å². The van der Waals surface area contributed by atoms with Gasteiger partial charge < -0.3 is 24.8 Å². The number of rotatable bonds is 10. The highest BCUT2D eigenvalue weighted by Crippen LogP contribution is 2.29. The first-order chi connectivity index (χ1) is 12.6. The number of hydrogen-bond donors (Lipinski definition) is 2. The van der Waals surface area contributed by atoms with Crippen LogP contribution < -0.4 is 10.2 Å². The molecule has 1 saturated heterocycles. The number of benzene rings is 1. The average Bonchev–Trinajstić information content (AvgIpc) is 2.67. The van der Waals surface area contributed by atoms with Crippen LogP contribution in [0.1, 0.15) is 48.5 Å². The molecule has 1 fully saturated rings. The van der Waals surface area contributed by atoms with Crippen molar-refractivity contribution in [1.82, 2.24) is 5.32 Å². The van der Waals surface area contributed by atoms with Crippen molar-refractivity contribution in [3.05, 3.63) is 29.3 Å². The molecule has 0 radical (unpaired) electrons. The molecular formula is C20H32N2O4. The molecule has 1 aliphatic rings. The molecule has 6 heteroatoms. The number of ether oxygens (including phenoxy) is 2. The van der Waals surface area contributed by atoms with Gasteiger partial charge in [0.15, 0.2) is 6.29 Å². The minimum absolute atomic E-state index is 0.301. The number of unbranched alkanes of at least 4 members (excludes halogenated alkanes) is 1. The number of carboxylic acid groups (broad SMARTS) is 1. The predicted molar refractivity (Wildman–Crippen MR) is 103 cm³/mol. The van der Waals surface area contributed by atoms with Gasteiger partial charge in [-0.05, 0) is 56.1 Å². The van der Waals surface area contributed by atoms with E-state index in [4.69, 9.17) is 9.47 Å². The molecule has 0 aliphatic carbocycles. The molecule has 1 heterocycles. The average molecular weight is 364 g/mol. The van der Waals surface area contributed by atoms with Gasteiger partial charge in [-0.25, -0.2) is 4.79 Å². The summed E-state index contributed by atoms with van der Waals surface area (Å²) in [5.41, 5.74) is 2.37. The Bertz CT molecular complexity index is 569. The highest BCUT2D eigenvalue weighted by atomic mass is 16.7. The Morgan fingerprint density at radius 1 is 1.31 bits per heavy atom. The largest absolute Gasteiger partial charge is 0.478 e. The van der Waals surface area contributed by atoms with E-state index in [0.717, 1.165) is 56.6 Å². The number of carboxylic acids is 1. The van der Waals surface area contributed by atoms with E-state index in [-0.39, 0.29) is 6.29 Å². The predicted octanol–water partition coefficient (Wildman–Crippen LogP) is 2.90. The van der Waals surface area contributed by atoms with Crippen LogP contribution in [0.4, 0.5) is 5.69 Å². The monoisotopic (exact) mass is 364 g/mol. The Labute approximate surface area is 156 Å². The van der Waals surface area contributed by atoms with Crippen LogP contribution in [0.5, 0.6) is 0 Å². The lowest BCUT2D eigenvalue weighted by atomic mass is 9.99. The standard InChI is InChI=1S/C20H32N2O4/c1-4-5-12-22(17-8-10-21-11-9-17)18-7-6-15(20(23)24)13-16(18)14-19(25-2)26-3/h6-7,13,17,19,21H,4-5,8-12,14H2,1-3H3,(H,23,24). The second kappa shape index (κ2) is 10.5. The highest BCUT2D eigenvalue weighted by molar-refractivity contribution is 5.88. The van der Waals surface area contributed by atoms with Crippen molar-refractivity contribution in [1.29, 1.82) is 0 Å². The van der Waals surface area contributed by atoms with Gasteiger partial charge in [0.2, 0.25) is 0 Å². The summed E-state index contributed by atoms with van der Waals surface area (Å²) in [5, 5.41) is 12.8. The zero-order valence-corrected chi connectivity index (χ0v) is 16.2. The van der Waals surface area contributed by atoms with Crippen LogP contribution in [-0.2, 0) is 15.9 Å². The number of carbonyl (C=O) groups is 1. The molecule has 1 aliphatic heterocycles.